The first kappa shape index (κ1) is 16.4. The van der Waals surface area contributed by atoms with Crippen molar-refractivity contribution < 1.29 is 22.2 Å². The summed E-state index contributed by atoms with van der Waals surface area (Å²) in [7, 11) is 0. The molecule has 1 nitrogen and oxygen atoms in total. The third-order valence-electron chi connectivity index (χ3n) is 8.80. The van der Waals surface area contributed by atoms with Crippen LogP contribution in [-0.4, -0.2) is 0 Å². The van der Waals surface area contributed by atoms with Crippen LogP contribution >= 0.6 is 0 Å². The van der Waals surface area contributed by atoms with Gasteiger partial charge in [0.25, 0.3) is 0 Å². The molecule has 0 radical (unpaired) electrons. The molecule has 1 aromatic heterocycles. The van der Waals surface area contributed by atoms with Crippen molar-refractivity contribution in [2.75, 3.05) is 0 Å². The van der Waals surface area contributed by atoms with Crippen molar-refractivity contribution in [3.8, 4) is 33.4 Å². The summed E-state index contributed by atoms with van der Waals surface area (Å²) in [6.07, 6.45) is 0. The van der Waals surface area contributed by atoms with Gasteiger partial charge in [0.15, 0.2) is 0 Å². The molecule has 0 aliphatic carbocycles. The van der Waals surface area contributed by atoms with Crippen molar-refractivity contribution in [3.63, 3.8) is 0 Å². The lowest BCUT2D eigenvalue weighted by Gasteiger charge is -2.18. The van der Waals surface area contributed by atoms with Crippen molar-refractivity contribution in [1.82, 2.24) is 0 Å². The molecule has 218 valence electrons. The van der Waals surface area contributed by atoms with Gasteiger partial charge in [-0.3, -0.25) is 0 Å². The molecule has 0 aliphatic rings. The average molecular weight is 610 g/mol. The second kappa shape index (κ2) is 10.2. The monoisotopic (exact) mass is 609 g/mol. The quantitative estimate of drug-likeness (QED) is 0.182. The number of hydrogen-bond acceptors (Lipinski definition) is 1. The van der Waals surface area contributed by atoms with E-state index in [4.69, 9.17) is 15.4 Å². The summed E-state index contributed by atoms with van der Waals surface area (Å²) in [5, 5.41) is 3.19. The molecule has 0 spiro atoms. The largest absolute Gasteiger partial charge is 0.455 e. The molecule has 10 rings (SSSR count). The van der Waals surface area contributed by atoms with Gasteiger partial charge in [0.2, 0.25) is 0 Å². The highest BCUT2D eigenvalue weighted by Crippen LogP contribution is 2.45. The normalized spacial score (nSPS) is 15.7. The summed E-state index contributed by atoms with van der Waals surface area (Å²) < 4.78 is 123. The van der Waals surface area contributed by atoms with Crippen LogP contribution in [0.25, 0.3) is 98.4 Å². The Bertz CT molecular complexity index is 3530. The minimum absolute atomic E-state index is 0.00599. The lowest BCUT2D eigenvalue weighted by Crippen LogP contribution is -1.91. The Balaban J connectivity index is 1.35. The predicted molar refractivity (Wildman–Crippen MR) is 200 cm³/mol. The van der Waals surface area contributed by atoms with E-state index in [1.165, 1.54) is 0 Å². The fourth-order valence-electron chi connectivity index (χ4n) is 6.75. The molecule has 0 aliphatic heterocycles. The SMILES string of the molecule is [2H]c1c([2H])c(-c2cccc3ccccc23)c([2H])c(-c2c3ccccc3c(-c3c([2H])c([2H])c4oc5c6c([2H])c([2H])c([2H])c([2H])c6c([2H])c([2H])c5c4c3[2H])c3ccccc23)c1[2H]. The Labute approximate surface area is 290 Å². The molecule has 0 bridgehead atoms. The molecule has 0 atom stereocenters. The molecule has 1 heterocycles. The molecule has 0 unspecified atom stereocenters. The molecule has 0 N–H and O–H groups in total. The third kappa shape index (κ3) is 3.97. The zero-order valence-corrected chi connectivity index (χ0v) is 24.6. The van der Waals surface area contributed by atoms with Gasteiger partial charge in [0.1, 0.15) is 11.2 Å². The van der Waals surface area contributed by atoms with Gasteiger partial charge in [-0.15, -0.1) is 0 Å². The molecule has 0 saturated carbocycles. The van der Waals surface area contributed by atoms with Crippen molar-refractivity contribution >= 4 is 65.0 Å². The molecule has 9 aromatic carbocycles. The number of hydrogen-bond donors (Lipinski definition) is 0. The lowest BCUT2D eigenvalue weighted by atomic mass is 9.85. The van der Waals surface area contributed by atoms with Crippen LogP contribution in [-0.2, 0) is 0 Å². The van der Waals surface area contributed by atoms with E-state index >= 15 is 0 Å². The highest BCUT2D eigenvalue weighted by molar-refractivity contribution is 6.23. The second-order valence-corrected chi connectivity index (χ2v) is 11.4. The van der Waals surface area contributed by atoms with Gasteiger partial charge >= 0.3 is 0 Å². The Hall–Kier alpha value is -6.18. The van der Waals surface area contributed by atoms with Crippen LogP contribution in [0.15, 0.2) is 174 Å². The maximum absolute atomic E-state index is 9.77. The van der Waals surface area contributed by atoms with Crippen LogP contribution in [0, 0.1) is 0 Å². The first-order chi connectivity index (χ1) is 28.8. The predicted octanol–water partition coefficient (Wildman–Crippen LogP) is 13.2. The van der Waals surface area contributed by atoms with Crippen LogP contribution < -0.4 is 0 Å². The number of furan rings is 1. The van der Waals surface area contributed by atoms with E-state index in [-0.39, 0.29) is 85.7 Å². The molecular weight excluding hydrogens is 569 g/mol. The smallest absolute Gasteiger partial charge is 0.143 e. The Kier molecular flexibility index (Phi) is 3.55. The first-order valence-electron chi connectivity index (χ1n) is 21.6. The van der Waals surface area contributed by atoms with Crippen molar-refractivity contribution in [3.05, 3.63) is 170 Å². The van der Waals surface area contributed by atoms with E-state index in [0.717, 1.165) is 10.8 Å². The Morgan fingerprint density at radius 3 is 1.79 bits per heavy atom. The van der Waals surface area contributed by atoms with Gasteiger partial charge < -0.3 is 4.42 Å². The molecule has 1 heteroatoms. The standard InChI is InChI=1S/C46H28O/c1-3-16-34-29(11-1)13-10-22-35(34)31-14-9-15-32(27-31)44-37-18-5-7-20-39(37)45(40-21-8-6-19-38(40)44)33-24-26-43-42(28-33)41-25-23-30-12-2-4-17-36(30)46(41)47-43/h1-28H/i2D,4D,9D,12D,14D,15D,17D,23D,24D,25D,26D,27D,28D. The summed E-state index contributed by atoms with van der Waals surface area (Å²) in [5.41, 5.74) is 1.32. The van der Waals surface area contributed by atoms with E-state index in [1.54, 1.807) is 48.5 Å². The second-order valence-electron chi connectivity index (χ2n) is 11.4. The van der Waals surface area contributed by atoms with Crippen molar-refractivity contribution in [1.29, 1.82) is 0 Å². The Morgan fingerprint density at radius 2 is 1.02 bits per heavy atom. The van der Waals surface area contributed by atoms with Gasteiger partial charge in [-0.25, -0.2) is 0 Å². The minimum Gasteiger partial charge on any atom is -0.455 e. The molecule has 0 saturated heterocycles. The number of benzene rings is 9. The van der Waals surface area contributed by atoms with Gasteiger partial charge in [-0.1, -0.05) is 145 Å². The molecule has 0 fully saturated rings. The zero-order chi connectivity index (χ0) is 42.2. The summed E-state index contributed by atoms with van der Waals surface area (Å²) in [6.45, 7) is 0. The molecule has 10 aromatic rings. The van der Waals surface area contributed by atoms with Crippen LogP contribution in [0.4, 0.5) is 0 Å². The first-order valence-corrected chi connectivity index (χ1v) is 15.1. The fraction of sp³-hybridized carbons (Fsp3) is 0. The maximum Gasteiger partial charge on any atom is 0.143 e. The van der Waals surface area contributed by atoms with E-state index in [2.05, 4.69) is 0 Å². The van der Waals surface area contributed by atoms with Crippen LogP contribution in [0.1, 0.15) is 17.8 Å². The van der Waals surface area contributed by atoms with E-state index in [0.29, 0.717) is 38.2 Å². The number of fused-ring (bicyclic) bond motifs is 8. The minimum atomic E-state index is -0.578. The van der Waals surface area contributed by atoms with Gasteiger partial charge in [0, 0.05) is 16.2 Å². The lowest BCUT2D eigenvalue weighted by molar-refractivity contribution is 0.672. The van der Waals surface area contributed by atoms with E-state index < -0.39 is 42.3 Å². The summed E-state index contributed by atoms with van der Waals surface area (Å²) in [6, 6.07) is 22.2. The highest BCUT2D eigenvalue weighted by Gasteiger charge is 2.19. The fourth-order valence-corrected chi connectivity index (χ4v) is 6.75. The zero-order valence-electron chi connectivity index (χ0n) is 37.6. The highest BCUT2D eigenvalue weighted by atomic mass is 16.3. The molecule has 0 amide bonds. The van der Waals surface area contributed by atoms with Gasteiger partial charge in [0.05, 0.1) is 17.8 Å². The topological polar surface area (TPSA) is 13.1 Å². The summed E-state index contributed by atoms with van der Waals surface area (Å²) in [4.78, 5) is 0. The third-order valence-corrected chi connectivity index (χ3v) is 8.80. The van der Waals surface area contributed by atoms with Crippen LogP contribution in [0.5, 0.6) is 0 Å². The van der Waals surface area contributed by atoms with Gasteiger partial charge in [-0.05, 0) is 95.3 Å². The molecular formula is C46H28O. The molecule has 47 heavy (non-hydrogen) atoms. The summed E-state index contributed by atoms with van der Waals surface area (Å²) >= 11 is 0. The van der Waals surface area contributed by atoms with Crippen LogP contribution in [0.2, 0.25) is 0 Å². The van der Waals surface area contributed by atoms with E-state index in [1.807, 2.05) is 42.5 Å². The van der Waals surface area contributed by atoms with Crippen molar-refractivity contribution in [2.24, 2.45) is 0 Å². The van der Waals surface area contributed by atoms with Crippen LogP contribution in [0.3, 0.4) is 0 Å². The number of rotatable bonds is 3. The summed E-state index contributed by atoms with van der Waals surface area (Å²) in [5.74, 6) is 0. The average Bonchev–Trinajstić information content (AvgIpc) is 3.66. The van der Waals surface area contributed by atoms with Gasteiger partial charge in [-0.2, -0.15) is 0 Å². The van der Waals surface area contributed by atoms with Crippen molar-refractivity contribution in [2.45, 2.75) is 0 Å². The maximum atomic E-state index is 9.77. The Morgan fingerprint density at radius 1 is 0.383 bits per heavy atom. The van der Waals surface area contributed by atoms with E-state index in [9.17, 15) is 6.85 Å².